The van der Waals surface area contributed by atoms with E-state index >= 15 is 0 Å². The van der Waals surface area contributed by atoms with Crippen LogP contribution in [0.5, 0.6) is 17.2 Å². The molecular formula is C18H14O5. The highest BCUT2D eigenvalue weighted by molar-refractivity contribution is 5.88. The van der Waals surface area contributed by atoms with Gasteiger partial charge in [0.15, 0.2) is 11.3 Å². The lowest BCUT2D eigenvalue weighted by atomic mass is 10.1. The molecule has 0 saturated heterocycles. The van der Waals surface area contributed by atoms with Crippen molar-refractivity contribution in [3.63, 3.8) is 0 Å². The van der Waals surface area contributed by atoms with E-state index in [0.29, 0.717) is 16.5 Å². The SMILES string of the molecule is C=CCOc1c(O)ccc2c(=O)c(-c3ccc(O)cc3)coc12. The minimum absolute atomic E-state index is 0.108. The second-order valence-corrected chi connectivity index (χ2v) is 4.92. The van der Waals surface area contributed by atoms with Gasteiger partial charge in [0.05, 0.1) is 10.9 Å². The van der Waals surface area contributed by atoms with Crippen LogP contribution >= 0.6 is 0 Å². The van der Waals surface area contributed by atoms with Gasteiger partial charge in [-0.15, -0.1) is 0 Å². The first-order valence-corrected chi connectivity index (χ1v) is 6.92. The fraction of sp³-hybridized carbons (Fsp3) is 0.0556. The van der Waals surface area contributed by atoms with Gasteiger partial charge in [0.2, 0.25) is 11.2 Å². The maximum Gasteiger partial charge on any atom is 0.205 e. The van der Waals surface area contributed by atoms with Gasteiger partial charge in [0.25, 0.3) is 0 Å². The summed E-state index contributed by atoms with van der Waals surface area (Å²) in [5.41, 5.74) is 0.915. The smallest absolute Gasteiger partial charge is 0.205 e. The van der Waals surface area contributed by atoms with Crippen LogP contribution in [0.25, 0.3) is 22.1 Å². The number of hydrogen-bond acceptors (Lipinski definition) is 5. The van der Waals surface area contributed by atoms with Crippen molar-refractivity contribution in [1.82, 2.24) is 0 Å². The molecule has 5 nitrogen and oxygen atoms in total. The molecule has 5 heteroatoms. The van der Waals surface area contributed by atoms with Crippen molar-refractivity contribution in [2.24, 2.45) is 0 Å². The summed E-state index contributed by atoms with van der Waals surface area (Å²) in [7, 11) is 0. The normalized spacial score (nSPS) is 10.6. The first kappa shape index (κ1) is 14.7. The van der Waals surface area contributed by atoms with Crippen molar-refractivity contribution in [3.8, 4) is 28.4 Å². The van der Waals surface area contributed by atoms with Crippen LogP contribution in [0.15, 0.2) is 64.5 Å². The minimum atomic E-state index is -0.250. The van der Waals surface area contributed by atoms with Crippen LogP contribution < -0.4 is 10.2 Å². The molecule has 0 aliphatic heterocycles. The number of phenolic OH excluding ortho intramolecular Hbond substituents is 2. The Morgan fingerprint density at radius 1 is 1.13 bits per heavy atom. The van der Waals surface area contributed by atoms with Gasteiger partial charge in [-0.25, -0.2) is 0 Å². The van der Waals surface area contributed by atoms with E-state index in [9.17, 15) is 15.0 Å². The average molecular weight is 310 g/mol. The number of rotatable bonds is 4. The van der Waals surface area contributed by atoms with E-state index in [0.717, 1.165) is 0 Å². The maximum atomic E-state index is 12.7. The molecule has 0 atom stereocenters. The number of hydrogen-bond donors (Lipinski definition) is 2. The van der Waals surface area contributed by atoms with Crippen molar-refractivity contribution in [2.45, 2.75) is 0 Å². The first-order valence-electron chi connectivity index (χ1n) is 6.92. The molecule has 23 heavy (non-hydrogen) atoms. The molecule has 2 N–H and O–H groups in total. The summed E-state index contributed by atoms with van der Waals surface area (Å²) in [6.07, 6.45) is 2.85. The molecule has 3 aromatic rings. The lowest BCUT2D eigenvalue weighted by molar-refractivity contribution is 0.334. The van der Waals surface area contributed by atoms with Gasteiger partial charge < -0.3 is 19.4 Å². The molecule has 0 spiro atoms. The van der Waals surface area contributed by atoms with Gasteiger partial charge in [-0.05, 0) is 29.8 Å². The van der Waals surface area contributed by atoms with Crippen molar-refractivity contribution >= 4 is 11.0 Å². The Labute approximate surface area is 131 Å². The summed E-state index contributed by atoms with van der Waals surface area (Å²) in [6.45, 7) is 3.72. The van der Waals surface area contributed by atoms with E-state index in [1.165, 1.54) is 36.6 Å². The Balaban J connectivity index is 2.20. The minimum Gasteiger partial charge on any atom is -0.508 e. The highest BCUT2D eigenvalue weighted by atomic mass is 16.5. The third-order valence-corrected chi connectivity index (χ3v) is 3.40. The zero-order chi connectivity index (χ0) is 16.4. The fourth-order valence-corrected chi connectivity index (χ4v) is 2.29. The molecule has 0 fully saturated rings. The zero-order valence-electron chi connectivity index (χ0n) is 12.2. The Morgan fingerprint density at radius 3 is 2.57 bits per heavy atom. The molecule has 1 heterocycles. The average Bonchev–Trinajstić information content (AvgIpc) is 2.55. The number of phenols is 2. The number of benzene rings is 2. The molecule has 0 amide bonds. The Hall–Kier alpha value is -3.21. The monoisotopic (exact) mass is 310 g/mol. The molecular weight excluding hydrogens is 296 g/mol. The standard InChI is InChI=1S/C18H14O5/c1-2-9-22-18-15(20)8-7-13-16(21)14(10-23-17(13)18)11-3-5-12(19)6-4-11/h2-8,10,19-20H,1,9H2. The van der Waals surface area contributed by atoms with Gasteiger partial charge in [-0.1, -0.05) is 24.8 Å². The second-order valence-electron chi connectivity index (χ2n) is 4.92. The van der Waals surface area contributed by atoms with E-state index in [1.54, 1.807) is 12.1 Å². The van der Waals surface area contributed by atoms with Crippen molar-refractivity contribution in [1.29, 1.82) is 0 Å². The van der Waals surface area contributed by atoms with Crippen LogP contribution in [-0.4, -0.2) is 16.8 Å². The summed E-state index contributed by atoms with van der Waals surface area (Å²) in [6, 6.07) is 9.12. The van der Waals surface area contributed by atoms with Crippen LogP contribution in [0, 0.1) is 0 Å². The quantitative estimate of drug-likeness (QED) is 0.722. The summed E-state index contributed by atoms with van der Waals surface area (Å²) >= 11 is 0. The lowest BCUT2D eigenvalue weighted by Crippen LogP contribution is -2.06. The summed E-state index contributed by atoms with van der Waals surface area (Å²) < 4.78 is 10.9. The van der Waals surface area contributed by atoms with Crippen LogP contribution in [0.1, 0.15) is 0 Å². The number of fused-ring (bicyclic) bond motifs is 1. The maximum absolute atomic E-state index is 12.7. The largest absolute Gasteiger partial charge is 0.508 e. The van der Waals surface area contributed by atoms with Gasteiger partial charge in [0, 0.05) is 0 Å². The second kappa shape index (κ2) is 5.88. The van der Waals surface area contributed by atoms with Crippen molar-refractivity contribution < 1.29 is 19.4 Å². The van der Waals surface area contributed by atoms with Gasteiger partial charge in [-0.3, -0.25) is 4.79 Å². The molecule has 2 aromatic carbocycles. The Morgan fingerprint density at radius 2 is 1.87 bits per heavy atom. The van der Waals surface area contributed by atoms with Gasteiger partial charge >= 0.3 is 0 Å². The van der Waals surface area contributed by atoms with Gasteiger partial charge in [0.1, 0.15) is 18.6 Å². The van der Waals surface area contributed by atoms with E-state index in [4.69, 9.17) is 9.15 Å². The van der Waals surface area contributed by atoms with E-state index < -0.39 is 0 Å². The number of aromatic hydroxyl groups is 2. The molecule has 3 rings (SSSR count). The topological polar surface area (TPSA) is 79.9 Å². The molecule has 1 aromatic heterocycles. The summed E-state index contributed by atoms with van der Waals surface area (Å²) in [5.74, 6) is 0.112. The highest BCUT2D eigenvalue weighted by Crippen LogP contribution is 2.34. The van der Waals surface area contributed by atoms with Crippen LogP contribution in [-0.2, 0) is 0 Å². The molecule has 0 aliphatic rings. The summed E-state index contributed by atoms with van der Waals surface area (Å²) in [4.78, 5) is 12.7. The molecule has 0 unspecified atom stereocenters. The van der Waals surface area contributed by atoms with Crippen molar-refractivity contribution in [3.05, 3.63) is 65.5 Å². The van der Waals surface area contributed by atoms with Crippen LogP contribution in [0.4, 0.5) is 0 Å². The Bertz CT molecular complexity index is 923. The predicted octanol–water partition coefficient (Wildman–Crippen LogP) is 3.44. The first-order chi connectivity index (χ1) is 11.1. The predicted molar refractivity (Wildman–Crippen MR) is 86.9 cm³/mol. The fourth-order valence-electron chi connectivity index (χ4n) is 2.29. The molecule has 0 bridgehead atoms. The molecule has 116 valence electrons. The zero-order valence-corrected chi connectivity index (χ0v) is 12.2. The van der Waals surface area contributed by atoms with Crippen LogP contribution in [0.2, 0.25) is 0 Å². The van der Waals surface area contributed by atoms with E-state index in [1.807, 2.05) is 0 Å². The van der Waals surface area contributed by atoms with Crippen molar-refractivity contribution in [2.75, 3.05) is 6.61 Å². The molecule has 0 saturated carbocycles. The highest BCUT2D eigenvalue weighted by Gasteiger charge is 2.15. The third kappa shape index (κ3) is 2.64. The van der Waals surface area contributed by atoms with E-state index in [-0.39, 0.29) is 34.9 Å². The lowest BCUT2D eigenvalue weighted by Gasteiger charge is -2.09. The Kier molecular flexibility index (Phi) is 3.76. The number of ether oxygens (including phenoxy) is 1. The third-order valence-electron chi connectivity index (χ3n) is 3.40. The van der Waals surface area contributed by atoms with E-state index in [2.05, 4.69) is 6.58 Å². The van der Waals surface area contributed by atoms with Crippen LogP contribution in [0.3, 0.4) is 0 Å². The summed E-state index contributed by atoms with van der Waals surface area (Å²) in [5, 5.41) is 19.5. The molecule has 0 radical (unpaired) electrons. The molecule has 0 aliphatic carbocycles. The van der Waals surface area contributed by atoms with Gasteiger partial charge in [-0.2, -0.15) is 0 Å².